The highest BCUT2D eigenvalue weighted by Gasteiger charge is 2.53. The van der Waals surface area contributed by atoms with Gasteiger partial charge in [-0.2, -0.15) is 0 Å². The summed E-state index contributed by atoms with van der Waals surface area (Å²) in [7, 11) is 7.22. The smallest absolute Gasteiger partial charge is 0.329 e. The maximum absolute atomic E-state index is 14.5. The number of nitrogens with two attached hydrogens (primary N) is 1. The largest absolute Gasteiger partial charge is 0.459 e. The fraction of sp³-hybridized carbons (Fsp3) is 0.872. The topological polar surface area (TPSA) is 250 Å². The third-order valence-electron chi connectivity index (χ3n) is 14.1. The Hall–Kier alpha value is -2.82. The number of hydrogen-bond acceptors (Lipinski definition) is 17. The SMILES string of the molecule is CC[C@H]1OC(=O)[C@H](C)[C@@H](O[C@H]2CC(C)(OC)[C@@H](OC(=O)C(Cc3c[nH]cn3)NC(=O)C(C)N)C(C)O2)[C@H](C)[C@@H](O[C@@H]2OC(C)CC(N(C)C)C2O)[C@](C)(O)C[C@@H](C)CN(C)[C@H](C)C[C@]1(C)O. The van der Waals surface area contributed by atoms with Gasteiger partial charge in [0.2, 0.25) is 5.91 Å². The van der Waals surface area contributed by atoms with Gasteiger partial charge in [-0.25, -0.2) is 9.78 Å². The summed E-state index contributed by atoms with van der Waals surface area (Å²) in [6.45, 7) is 20.2. The van der Waals surface area contributed by atoms with Gasteiger partial charge in [-0.15, -0.1) is 0 Å². The minimum atomic E-state index is -1.58. The lowest BCUT2D eigenvalue weighted by atomic mass is 9.77. The number of cyclic esters (lactones) is 1. The highest BCUT2D eigenvalue weighted by molar-refractivity contribution is 5.87. The zero-order chi connectivity index (χ0) is 49.6. The second-order valence-corrected chi connectivity index (χ2v) is 20.7. The second-order valence-electron chi connectivity index (χ2n) is 20.7. The van der Waals surface area contributed by atoms with Crippen molar-refractivity contribution in [2.45, 2.75) is 211 Å². The number of nitrogens with one attached hydrogen (secondary N) is 2. The molecule has 0 saturated carbocycles. The van der Waals surface area contributed by atoms with Crippen LogP contribution in [-0.4, -0.2) is 184 Å². The van der Waals surface area contributed by atoms with Gasteiger partial charge in [-0.05, 0) is 108 Å². The number of aromatic amines is 1. The van der Waals surface area contributed by atoms with Crippen molar-refractivity contribution in [2.24, 2.45) is 23.5 Å². The van der Waals surface area contributed by atoms with E-state index in [2.05, 4.69) is 20.2 Å². The Balaban J connectivity index is 1.75. The molecule has 4 heterocycles. The zero-order valence-electron chi connectivity index (χ0n) is 42.2. The molecular weight excluding hydrogens is 857 g/mol. The molecule has 19 nitrogen and oxygen atoms in total. The van der Waals surface area contributed by atoms with Gasteiger partial charge in [0, 0.05) is 50.7 Å². The lowest BCUT2D eigenvalue weighted by Crippen LogP contribution is -2.61. The van der Waals surface area contributed by atoms with Gasteiger partial charge >= 0.3 is 11.9 Å². The number of likely N-dealkylation sites (N-methyl/N-ethyl adjacent to an activating group) is 1. The Labute approximate surface area is 392 Å². The van der Waals surface area contributed by atoms with E-state index < -0.39 is 108 Å². The minimum Gasteiger partial charge on any atom is -0.459 e. The van der Waals surface area contributed by atoms with Crippen molar-refractivity contribution in [1.29, 1.82) is 0 Å². The number of carbonyl (C=O) groups excluding carboxylic acids is 3. The Bertz CT molecular complexity index is 1700. The fourth-order valence-electron chi connectivity index (χ4n) is 10.3. The van der Waals surface area contributed by atoms with E-state index in [0.717, 1.165) is 0 Å². The third-order valence-corrected chi connectivity index (χ3v) is 14.1. The van der Waals surface area contributed by atoms with Crippen LogP contribution in [0.1, 0.15) is 114 Å². The summed E-state index contributed by atoms with van der Waals surface area (Å²) in [5.41, 5.74) is 2.16. The molecule has 0 aromatic carbocycles. The molecule has 3 aliphatic heterocycles. The van der Waals surface area contributed by atoms with Crippen LogP contribution in [0.25, 0.3) is 0 Å². The van der Waals surface area contributed by atoms with Crippen molar-refractivity contribution in [3.05, 3.63) is 18.2 Å². The second kappa shape index (κ2) is 23.2. The standard InChI is InChI=1S/C47H84N6O13/c1-16-35-45(9,58)20-26(3)53(14)23-25(2)19-46(10,59)39(66-44-37(54)34(52(12)13)17-27(4)61-44)28(5)38(29(6)42(56)63-35)64-36-21-47(11,60-15)40(31(8)62-36)65-43(57)33(51-41(55)30(7)48)18-32-22-49-24-50-32/h22,24-31,33-40,44,54,58-59H,16-21,23,48H2,1-15H3,(H,49,50)(H,51,55)/t25-,26-,27?,28+,29-,30?,31?,33?,34?,35-,36+,37?,38+,39-,40+,44+,45+,46-,47?/m1/s1. The van der Waals surface area contributed by atoms with E-state index in [1.54, 1.807) is 40.8 Å². The molecule has 1 aromatic rings. The van der Waals surface area contributed by atoms with E-state index >= 15 is 0 Å². The van der Waals surface area contributed by atoms with Crippen LogP contribution < -0.4 is 11.1 Å². The monoisotopic (exact) mass is 941 g/mol. The first-order valence-corrected chi connectivity index (χ1v) is 23.8. The number of imidazole rings is 1. The molecule has 0 radical (unpaired) electrons. The number of aliphatic hydroxyl groups is 3. The molecule has 19 atom stereocenters. The molecular formula is C47H84N6O13. The molecule has 7 unspecified atom stereocenters. The van der Waals surface area contributed by atoms with Crippen molar-refractivity contribution in [1.82, 2.24) is 25.1 Å². The van der Waals surface area contributed by atoms with Crippen molar-refractivity contribution < 1.29 is 62.9 Å². The normalized spacial score (nSPS) is 41.2. The highest BCUT2D eigenvalue weighted by Crippen LogP contribution is 2.41. The van der Waals surface area contributed by atoms with E-state index in [-0.39, 0.29) is 43.4 Å². The molecule has 4 rings (SSSR count). The third kappa shape index (κ3) is 13.9. The van der Waals surface area contributed by atoms with E-state index in [0.29, 0.717) is 31.5 Å². The van der Waals surface area contributed by atoms with Crippen molar-refractivity contribution in [3.63, 3.8) is 0 Å². The minimum absolute atomic E-state index is 0.00888. The first-order valence-electron chi connectivity index (χ1n) is 23.8. The van der Waals surface area contributed by atoms with Crippen molar-refractivity contribution in [2.75, 3.05) is 34.8 Å². The number of aliphatic hydroxyl groups excluding tert-OH is 1. The summed E-state index contributed by atoms with van der Waals surface area (Å²) in [5.74, 6) is -3.86. The Morgan fingerprint density at radius 1 is 1.05 bits per heavy atom. The number of nitrogens with zero attached hydrogens (tertiary/aromatic N) is 3. The van der Waals surface area contributed by atoms with Gasteiger partial charge in [0.1, 0.15) is 29.5 Å². The molecule has 1 amide bonds. The summed E-state index contributed by atoms with van der Waals surface area (Å²) < 4.78 is 45.0. The number of rotatable bonds is 13. The van der Waals surface area contributed by atoms with Crippen LogP contribution in [0.5, 0.6) is 0 Å². The van der Waals surface area contributed by atoms with Crippen LogP contribution >= 0.6 is 0 Å². The van der Waals surface area contributed by atoms with Gasteiger partial charge in [0.05, 0.1) is 54.0 Å². The van der Waals surface area contributed by atoms with Crippen LogP contribution in [0.15, 0.2) is 12.5 Å². The number of aromatic nitrogens is 2. The van der Waals surface area contributed by atoms with E-state index in [1.807, 2.05) is 60.7 Å². The molecule has 3 saturated heterocycles. The van der Waals surface area contributed by atoms with E-state index in [9.17, 15) is 29.7 Å². The molecule has 3 aliphatic rings. The zero-order valence-corrected chi connectivity index (χ0v) is 42.2. The van der Waals surface area contributed by atoms with Gasteiger partial charge in [-0.1, -0.05) is 20.8 Å². The summed E-state index contributed by atoms with van der Waals surface area (Å²) in [6.07, 6.45) is -3.87. The average molecular weight is 941 g/mol. The van der Waals surface area contributed by atoms with Gasteiger partial charge in [0.25, 0.3) is 0 Å². The molecule has 1 aromatic heterocycles. The number of H-pyrrole nitrogens is 1. The van der Waals surface area contributed by atoms with Crippen LogP contribution in [0.3, 0.4) is 0 Å². The first kappa shape index (κ1) is 55.8. The number of ether oxygens (including phenoxy) is 7. The maximum Gasteiger partial charge on any atom is 0.329 e. The number of hydrogen-bond donors (Lipinski definition) is 6. The summed E-state index contributed by atoms with van der Waals surface area (Å²) in [4.78, 5) is 52.3. The Kier molecular flexibility index (Phi) is 19.6. The molecule has 7 N–H and O–H groups in total. The molecule has 380 valence electrons. The number of amides is 1. The first-order chi connectivity index (χ1) is 30.6. The van der Waals surface area contributed by atoms with Gasteiger partial charge in [0.15, 0.2) is 18.7 Å². The van der Waals surface area contributed by atoms with Crippen molar-refractivity contribution >= 4 is 17.8 Å². The molecule has 19 heteroatoms. The van der Waals surface area contributed by atoms with Crippen LogP contribution in [0.2, 0.25) is 0 Å². The van der Waals surface area contributed by atoms with E-state index in [4.69, 9.17) is 38.9 Å². The lowest BCUT2D eigenvalue weighted by Gasteiger charge is -2.49. The predicted octanol–water partition coefficient (Wildman–Crippen LogP) is 2.28. The predicted molar refractivity (Wildman–Crippen MR) is 245 cm³/mol. The molecule has 0 spiro atoms. The summed E-state index contributed by atoms with van der Waals surface area (Å²) in [5, 5.41) is 39.0. The number of carbonyl (C=O) groups is 3. The summed E-state index contributed by atoms with van der Waals surface area (Å²) >= 11 is 0. The molecule has 3 fully saturated rings. The van der Waals surface area contributed by atoms with E-state index in [1.165, 1.54) is 20.4 Å². The van der Waals surface area contributed by atoms with Gasteiger partial charge in [-0.3, -0.25) is 9.59 Å². The highest BCUT2D eigenvalue weighted by atomic mass is 16.7. The fourth-order valence-corrected chi connectivity index (χ4v) is 10.3. The Morgan fingerprint density at radius 2 is 1.71 bits per heavy atom. The molecule has 0 aliphatic carbocycles. The lowest BCUT2D eigenvalue weighted by molar-refractivity contribution is -0.319. The molecule has 66 heavy (non-hydrogen) atoms. The quantitative estimate of drug-likeness (QED) is 0.155. The Morgan fingerprint density at radius 3 is 2.29 bits per heavy atom. The maximum atomic E-state index is 14.5. The summed E-state index contributed by atoms with van der Waals surface area (Å²) in [6, 6.07) is -2.44. The van der Waals surface area contributed by atoms with Gasteiger partial charge < -0.3 is 74.3 Å². The molecule has 0 bridgehead atoms. The van der Waals surface area contributed by atoms with Crippen LogP contribution in [0, 0.1) is 17.8 Å². The van der Waals surface area contributed by atoms with Crippen LogP contribution in [-0.2, 0) is 54.0 Å². The average Bonchev–Trinajstić information content (AvgIpc) is 3.74. The number of methoxy groups -OCH3 is 1. The number of esters is 2. The van der Waals surface area contributed by atoms with Crippen molar-refractivity contribution in [3.8, 4) is 0 Å². The van der Waals surface area contributed by atoms with Crippen LogP contribution in [0.4, 0.5) is 0 Å².